The minimum atomic E-state index is -0.825. The van der Waals surface area contributed by atoms with Crippen LogP contribution in [0.4, 0.5) is 0 Å². The van der Waals surface area contributed by atoms with Crippen molar-refractivity contribution in [2.75, 3.05) is 33.2 Å². The minimum Gasteiger partial charge on any atom is -0.481 e. The van der Waals surface area contributed by atoms with E-state index in [0.717, 1.165) is 58.3 Å². The van der Waals surface area contributed by atoms with Gasteiger partial charge in [-0.15, -0.1) is 0 Å². The highest BCUT2D eigenvalue weighted by Gasteiger charge is 2.37. The first kappa shape index (κ1) is 17.2. The van der Waals surface area contributed by atoms with Crippen LogP contribution in [0.15, 0.2) is 0 Å². The van der Waals surface area contributed by atoms with E-state index in [1.165, 1.54) is 0 Å². The van der Waals surface area contributed by atoms with Gasteiger partial charge >= 0.3 is 5.97 Å². The summed E-state index contributed by atoms with van der Waals surface area (Å²) in [5.74, 6) is -0.845. The lowest BCUT2D eigenvalue weighted by Gasteiger charge is -2.40. The second kappa shape index (κ2) is 7.42. The van der Waals surface area contributed by atoms with Crippen LogP contribution in [0.1, 0.15) is 45.4 Å². The fourth-order valence-corrected chi connectivity index (χ4v) is 3.60. The normalized spacial score (nSPS) is 24.6. The Morgan fingerprint density at radius 3 is 2.27 bits per heavy atom. The van der Waals surface area contributed by atoms with Crippen molar-refractivity contribution >= 4 is 11.9 Å². The average Bonchev–Trinajstić information content (AvgIpc) is 2.47. The van der Waals surface area contributed by atoms with Crippen molar-refractivity contribution in [3.63, 3.8) is 0 Å². The fourth-order valence-electron chi connectivity index (χ4n) is 3.60. The second-order valence-corrected chi connectivity index (χ2v) is 6.92. The molecule has 1 aliphatic heterocycles. The Balaban J connectivity index is 1.96. The first-order chi connectivity index (χ1) is 10.4. The summed E-state index contributed by atoms with van der Waals surface area (Å²) >= 11 is 0. The van der Waals surface area contributed by atoms with Crippen molar-refractivity contribution in [3.8, 4) is 0 Å². The molecule has 22 heavy (non-hydrogen) atoms. The maximum atomic E-state index is 12.6. The van der Waals surface area contributed by atoms with Gasteiger partial charge < -0.3 is 15.3 Å². The maximum Gasteiger partial charge on any atom is 0.305 e. The molecule has 6 heteroatoms. The van der Waals surface area contributed by atoms with Gasteiger partial charge in [0.2, 0.25) is 5.91 Å². The van der Waals surface area contributed by atoms with E-state index >= 15 is 0 Å². The number of carboxylic acid groups (broad SMARTS) is 1. The summed E-state index contributed by atoms with van der Waals surface area (Å²) < 4.78 is 0. The third kappa shape index (κ3) is 4.43. The van der Waals surface area contributed by atoms with Gasteiger partial charge in [-0.05, 0) is 26.8 Å². The highest BCUT2D eigenvalue weighted by Crippen LogP contribution is 2.31. The number of hydrogen-bond acceptors (Lipinski definition) is 4. The summed E-state index contributed by atoms with van der Waals surface area (Å²) in [5, 5.41) is 12.3. The smallest absolute Gasteiger partial charge is 0.305 e. The van der Waals surface area contributed by atoms with Crippen LogP contribution < -0.4 is 5.32 Å². The van der Waals surface area contributed by atoms with Gasteiger partial charge in [0.05, 0.1) is 18.0 Å². The molecule has 126 valence electrons. The van der Waals surface area contributed by atoms with E-state index in [2.05, 4.69) is 22.2 Å². The number of nitrogens with one attached hydrogen (secondary N) is 1. The molecule has 0 aromatic carbocycles. The van der Waals surface area contributed by atoms with Gasteiger partial charge in [0.1, 0.15) is 0 Å². The molecule has 2 fully saturated rings. The zero-order valence-electron chi connectivity index (χ0n) is 13.8. The average molecular weight is 311 g/mol. The number of aliphatic carboxylic acids is 1. The third-order valence-electron chi connectivity index (χ3n) is 5.15. The van der Waals surface area contributed by atoms with Crippen molar-refractivity contribution in [1.82, 2.24) is 15.1 Å². The Morgan fingerprint density at radius 2 is 1.73 bits per heavy atom. The summed E-state index contributed by atoms with van der Waals surface area (Å²) in [6.45, 7) is 5.64. The van der Waals surface area contributed by atoms with E-state index in [1.54, 1.807) is 0 Å². The molecule has 0 spiro atoms. The van der Waals surface area contributed by atoms with Gasteiger partial charge in [-0.1, -0.05) is 19.3 Å². The highest BCUT2D eigenvalue weighted by atomic mass is 16.4. The Hall–Kier alpha value is -1.14. The molecule has 1 atom stereocenters. The summed E-state index contributed by atoms with van der Waals surface area (Å²) in [7, 11) is 2.09. The van der Waals surface area contributed by atoms with Crippen LogP contribution in [0.25, 0.3) is 0 Å². The first-order valence-electron chi connectivity index (χ1n) is 8.38. The predicted octanol–water partition coefficient (Wildman–Crippen LogP) is 0.916. The number of carboxylic acids is 1. The molecule has 0 aromatic rings. The monoisotopic (exact) mass is 311 g/mol. The standard InChI is InChI=1S/C16H29N3O3/c1-13(19-10-8-18(2)9-11-19)15(22)17-16(12-14(20)21)6-4-3-5-7-16/h13H,3-12H2,1-2H3,(H,17,22)(H,20,21). The van der Waals surface area contributed by atoms with Crippen LogP contribution in [-0.2, 0) is 9.59 Å². The zero-order valence-corrected chi connectivity index (χ0v) is 13.8. The van der Waals surface area contributed by atoms with Crippen LogP contribution in [0.3, 0.4) is 0 Å². The highest BCUT2D eigenvalue weighted by molar-refractivity contribution is 5.83. The number of piperazine rings is 1. The van der Waals surface area contributed by atoms with Gasteiger partial charge in [-0.2, -0.15) is 0 Å². The number of nitrogens with zero attached hydrogens (tertiary/aromatic N) is 2. The van der Waals surface area contributed by atoms with Crippen molar-refractivity contribution in [3.05, 3.63) is 0 Å². The number of rotatable bonds is 5. The van der Waals surface area contributed by atoms with Crippen LogP contribution in [0.5, 0.6) is 0 Å². The van der Waals surface area contributed by atoms with Crippen LogP contribution >= 0.6 is 0 Å². The molecule has 6 nitrogen and oxygen atoms in total. The number of carbonyl (C=O) groups is 2. The number of likely N-dealkylation sites (N-methyl/N-ethyl adjacent to an activating group) is 1. The predicted molar refractivity (Wildman–Crippen MR) is 84.7 cm³/mol. The molecular formula is C16H29N3O3. The van der Waals surface area contributed by atoms with E-state index in [-0.39, 0.29) is 18.4 Å². The summed E-state index contributed by atoms with van der Waals surface area (Å²) in [4.78, 5) is 28.3. The lowest BCUT2D eigenvalue weighted by Crippen LogP contribution is -2.58. The largest absolute Gasteiger partial charge is 0.481 e. The zero-order chi connectivity index (χ0) is 16.2. The van der Waals surface area contributed by atoms with E-state index in [4.69, 9.17) is 0 Å². The molecule has 1 unspecified atom stereocenters. The van der Waals surface area contributed by atoms with Crippen molar-refractivity contribution in [1.29, 1.82) is 0 Å². The molecule has 1 amide bonds. The number of hydrogen-bond donors (Lipinski definition) is 2. The van der Waals surface area contributed by atoms with Gasteiger partial charge in [-0.25, -0.2) is 0 Å². The molecule has 1 aliphatic carbocycles. The van der Waals surface area contributed by atoms with Gasteiger partial charge in [-0.3, -0.25) is 14.5 Å². The van der Waals surface area contributed by atoms with Gasteiger partial charge in [0.15, 0.2) is 0 Å². The fraction of sp³-hybridized carbons (Fsp3) is 0.875. The molecule has 1 heterocycles. The lowest BCUT2D eigenvalue weighted by molar-refractivity contribution is -0.140. The maximum absolute atomic E-state index is 12.6. The second-order valence-electron chi connectivity index (χ2n) is 6.92. The van der Waals surface area contributed by atoms with Crippen molar-refractivity contribution < 1.29 is 14.7 Å². The number of carbonyl (C=O) groups excluding carboxylic acids is 1. The Morgan fingerprint density at radius 1 is 1.14 bits per heavy atom. The molecule has 0 aromatic heterocycles. The van der Waals surface area contributed by atoms with Gasteiger partial charge in [0.25, 0.3) is 0 Å². The Labute approximate surface area is 132 Å². The molecule has 1 saturated heterocycles. The summed E-state index contributed by atoms with van der Waals surface area (Å²) in [5.41, 5.74) is -0.540. The van der Waals surface area contributed by atoms with Crippen LogP contribution in [-0.4, -0.2) is 71.6 Å². The molecule has 2 rings (SSSR count). The molecule has 1 saturated carbocycles. The Bertz CT molecular complexity index is 399. The molecule has 2 aliphatic rings. The molecule has 0 radical (unpaired) electrons. The SMILES string of the molecule is CC(C(=O)NC1(CC(=O)O)CCCCC1)N1CCN(C)CC1. The quantitative estimate of drug-likeness (QED) is 0.790. The van der Waals surface area contributed by atoms with Crippen molar-refractivity contribution in [2.24, 2.45) is 0 Å². The first-order valence-corrected chi connectivity index (χ1v) is 8.38. The van der Waals surface area contributed by atoms with Crippen LogP contribution in [0, 0.1) is 0 Å². The third-order valence-corrected chi connectivity index (χ3v) is 5.15. The van der Waals surface area contributed by atoms with Crippen molar-refractivity contribution in [2.45, 2.75) is 57.0 Å². The molecular weight excluding hydrogens is 282 g/mol. The topological polar surface area (TPSA) is 72.9 Å². The van der Waals surface area contributed by atoms with E-state index in [1.807, 2.05) is 6.92 Å². The Kier molecular flexibility index (Phi) is 5.81. The summed E-state index contributed by atoms with van der Waals surface area (Å²) in [6.07, 6.45) is 4.72. The number of amides is 1. The van der Waals surface area contributed by atoms with Crippen LogP contribution in [0.2, 0.25) is 0 Å². The van der Waals surface area contributed by atoms with E-state index < -0.39 is 11.5 Å². The molecule has 2 N–H and O–H groups in total. The van der Waals surface area contributed by atoms with E-state index in [9.17, 15) is 14.7 Å². The van der Waals surface area contributed by atoms with Gasteiger partial charge in [0, 0.05) is 26.2 Å². The molecule has 0 bridgehead atoms. The van der Waals surface area contributed by atoms with E-state index in [0.29, 0.717) is 0 Å². The summed E-state index contributed by atoms with van der Waals surface area (Å²) in [6, 6.07) is -0.193. The lowest BCUT2D eigenvalue weighted by atomic mass is 9.79. The minimum absolute atomic E-state index is 0.0206.